The Hall–Kier alpha value is -2.62. The molecule has 0 saturated heterocycles. The largest absolute Gasteiger partial charge is 0.313 e. The Bertz CT molecular complexity index is 1310. The van der Waals surface area contributed by atoms with Crippen LogP contribution in [0.15, 0.2) is 36.5 Å². The van der Waals surface area contributed by atoms with Crippen molar-refractivity contribution in [1.29, 1.82) is 0 Å². The van der Waals surface area contributed by atoms with Crippen LogP contribution in [0, 0.1) is 24.1 Å². The number of hydrogen-bond acceptors (Lipinski definition) is 1. The van der Waals surface area contributed by atoms with E-state index in [4.69, 9.17) is 0 Å². The molecule has 1 N–H and O–H groups in total. The van der Waals surface area contributed by atoms with E-state index in [9.17, 15) is 4.39 Å². The van der Waals surface area contributed by atoms with Crippen LogP contribution in [0.3, 0.4) is 0 Å². The van der Waals surface area contributed by atoms with Crippen LogP contribution in [0.5, 0.6) is 0 Å². The van der Waals surface area contributed by atoms with E-state index in [0.717, 1.165) is 22.5 Å². The van der Waals surface area contributed by atoms with Crippen LogP contribution in [0.4, 0.5) is 4.39 Å². The van der Waals surface area contributed by atoms with Gasteiger partial charge in [0.05, 0.1) is 17.2 Å². The Morgan fingerprint density at radius 3 is 2.58 bits per heavy atom. The highest BCUT2D eigenvalue weighted by atomic mass is 19.1. The first-order valence-corrected chi connectivity index (χ1v) is 11.6. The highest BCUT2D eigenvalue weighted by molar-refractivity contribution is 5.99. The van der Waals surface area contributed by atoms with E-state index in [-0.39, 0.29) is 5.82 Å². The SMILES string of the molecule is Cc1cc(-n2c(C(C)C)c(C3CC4(CC(C)C4)C3)c3cc4[nH]ncc4cc32)ccc1F. The van der Waals surface area contributed by atoms with Gasteiger partial charge in [-0.05, 0) is 97.2 Å². The predicted octanol–water partition coefficient (Wildman–Crippen LogP) is 7.37. The van der Waals surface area contributed by atoms with E-state index in [1.165, 1.54) is 47.8 Å². The third-order valence-electron chi connectivity index (χ3n) is 7.88. The van der Waals surface area contributed by atoms with Crippen LogP contribution in [-0.2, 0) is 0 Å². The number of hydrogen-bond donors (Lipinski definition) is 1. The third kappa shape index (κ3) is 2.73. The van der Waals surface area contributed by atoms with Crippen molar-refractivity contribution in [3.8, 4) is 5.69 Å². The highest BCUT2D eigenvalue weighted by Crippen LogP contribution is 2.65. The van der Waals surface area contributed by atoms with E-state index in [1.807, 2.05) is 25.3 Å². The summed E-state index contributed by atoms with van der Waals surface area (Å²) in [5.41, 5.74) is 7.52. The second-order valence-corrected chi connectivity index (χ2v) is 10.7. The number of aromatic amines is 1. The monoisotopic (exact) mass is 415 g/mol. The van der Waals surface area contributed by atoms with Gasteiger partial charge in [-0.3, -0.25) is 5.10 Å². The summed E-state index contributed by atoms with van der Waals surface area (Å²) >= 11 is 0. The van der Waals surface area contributed by atoms with Crippen LogP contribution in [-0.4, -0.2) is 14.8 Å². The van der Waals surface area contributed by atoms with Gasteiger partial charge in [-0.1, -0.05) is 20.8 Å². The lowest BCUT2D eigenvalue weighted by atomic mass is 9.47. The molecule has 0 aliphatic heterocycles. The van der Waals surface area contributed by atoms with E-state index < -0.39 is 0 Å². The van der Waals surface area contributed by atoms with E-state index in [0.29, 0.717) is 22.8 Å². The fraction of sp³-hybridized carbons (Fsp3) is 0.444. The van der Waals surface area contributed by atoms with Crippen molar-refractivity contribution >= 4 is 21.8 Å². The molecule has 2 heterocycles. The van der Waals surface area contributed by atoms with Gasteiger partial charge >= 0.3 is 0 Å². The van der Waals surface area contributed by atoms with Crippen molar-refractivity contribution in [2.24, 2.45) is 11.3 Å². The molecule has 4 aromatic rings. The molecular weight excluding hydrogens is 385 g/mol. The first-order chi connectivity index (χ1) is 14.8. The zero-order valence-electron chi connectivity index (χ0n) is 18.8. The Labute approximate surface area is 182 Å². The summed E-state index contributed by atoms with van der Waals surface area (Å²) in [6.45, 7) is 8.81. The molecule has 0 amide bonds. The first-order valence-electron chi connectivity index (χ1n) is 11.6. The Morgan fingerprint density at radius 2 is 1.90 bits per heavy atom. The van der Waals surface area contributed by atoms with Crippen LogP contribution in [0.25, 0.3) is 27.5 Å². The van der Waals surface area contributed by atoms with E-state index in [2.05, 4.69) is 47.7 Å². The van der Waals surface area contributed by atoms with E-state index in [1.54, 1.807) is 6.07 Å². The summed E-state index contributed by atoms with van der Waals surface area (Å²) in [6.07, 6.45) is 7.28. The zero-order chi connectivity index (χ0) is 21.5. The van der Waals surface area contributed by atoms with Gasteiger partial charge in [-0.25, -0.2) is 4.39 Å². The molecule has 2 saturated carbocycles. The fourth-order valence-electron chi connectivity index (χ4n) is 6.75. The normalized spacial score (nSPS) is 25.5. The summed E-state index contributed by atoms with van der Waals surface area (Å²) in [4.78, 5) is 0. The van der Waals surface area contributed by atoms with Gasteiger partial charge in [0.25, 0.3) is 0 Å². The van der Waals surface area contributed by atoms with Crippen molar-refractivity contribution in [2.45, 2.75) is 65.2 Å². The number of nitrogens with zero attached hydrogens (tertiary/aromatic N) is 2. The number of rotatable bonds is 3. The van der Waals surface area contributed by atoms with Crippen LogP contribution >= 0.6 is 0 Å². The lowest BCUT2D eigenvalue weighted by molar-refractivity contribution is -0.0340. The smallest absolute Gasteiger partial charge is 0.126 e. The van der Waals surface area contributed by atoms with Gasteiger partial charge in [0.1, 0.15) is 5.82 Å². The molecule has 0 bridgehead atoms. The third-order valence-corrected chi connectivity index (χ3v) is 7.88. The molecule has 2 aromatic carbocycles. The maximum atomic E-state index is 14.1. The van der Waals surface area contributed by atoms with Gasteiger partial charge in [-0.2, -0.15) is 5.10 Å². The van der Waals surface area contributed by atoms with Gasteiger partial charge in [0, 0.05) is 22.2 Å². The van der Waals surface area contributed by atoms with Crippen molar-refractivity contribution in [1.82, 2.24) is 14.8 Å². The van der Waals surface area contributed by atoms with Gasteiger partial charge in [0.2, 0.25) is 0 Å². The molecule has 2 aliphatic carbocycles. The molecule has 6 rings (SSSR count). The minimum Gasteiger partial charge on any atom is -0.313 e. The first kappa shape index (κ1) is 19.1. The lowest BCUT2D eigenvalue weighted by Gasteiger charge is -2.57. The molecule has 31 heavy (non-hydrogen) atoms. The van der Waals surface area contributed by atoms with Gasteiger partial charge < -0.3 is 4.57 Å². The second kappa shape index (κ2) is 6.44. The Kier molecular flexibility index (Phi) is 3.97. The van der Waals surface area contributed by atoms with Crippen molar-refractivity contribution in [3.05, 3.63) is 59.2 Å². The number of benzene rings is 2. The number of fused-ring (bicyclic) bond motifs is 2. The molecule has 0 radical (unpaired) electrons. The molecule has 1 spiro atoms. The van der Waals surface area contributed by atoms with Crippen molar-refractivity contribution < 1.29 is 4.39 Å². The van der Waals surface area contributed by atoms with Crippen molar-refractivity contribution in [2.75, 3.05) is 0 Å². The molecular formula is C27H30FN3. The van der Waals surface area contributed by atoms with Crippen molar-refractivity contribution in [3.63, 3.8) is 0 Å². The Balaban J connectivity index is 1.61. The summed E-state index contributed by atoms with van der Waals surface area (Å²) in [5.74, 6) is 1.72. The molecule has 4 heteroatoms. The minimum absolute atomic E-state index is 0.149. The van der Waals surface area contributed by atoms with Gasteiger partial charge in [-0.15, -0.1) is 0 Å². The summed E-state index contributed by atoms with van der Waals surface area (Å²) in [6, 6.07) is 10.1. The van der Waals surface area contributed by atoms with Gasteiger partial charge in [0.15, 0.2) is 0 Å². The molecule has 160 valence electrons. The quantitative estimate of drug-likeness (QED) is 0.372. The topological polar surface area (TPSA) is 33.6 Å². The summed E-state index contributed by atoms with van der Waals surface area (Å²) in [7, 11) is 0. The van der Waals surface area contributed by atoms with Crippen LogP contribution < -0.4 is 0 Å². The maximum absolute atomic E-state index is 14.1. The highest BCUT2D eigenvalue weighted by Gasteiger charge is 2.52. The fourth-order valence-corrected chi connectivity index (χ4v) is 6.75. The van der Waals surface area contributed by atoms with Crippen LogP contribution in [0.2, 0.25) is 0 Å². The molecule has 0 unspecified atom stereocenters. The lowest BCUT2D eigenvalue weighted by Crippen LogP contribution is -2.45. The molecule has 2 fully saturated rings. The Morgan fingerprint density at radius 1 is 1.13 bits per heavy atom. The number of nitrogens with one attached hydrogen (secondary N) is 1. The summed E-state index contributed by atoms with van der Waals surface area (Å²) in [5, 5.41) is 9.88. The minimum atomic E-state index is -0.149. The maximum Gasteiger partial charge on any atom is 0.126 e. The molecule has 2 aromatic heterocycles. The number of aryl methyl sites for hydroxylation is 1. The zero-order valence-corrected chi connectivity index (χ0v) is 18.8. The number of H-pyrrole nitrogens is 1. The summed E-state index contributed by atoms with van der Waals surface area (Å²) < 4.78 is 16.5. The second-order valence-electron chi connectivity index (χ2n) is 10.7. The number of aromatic nitrogens is 3. The molecule has 2 aliphatic rings. The standard InChI is InChI=1S/C27H30FN3/c1-15(2)26-25(19-12-27(13-19)10-16(3)11-27)21-9-23-18(14-29-30-23)8-24(21)31(26)20-5-6-22(28)17(4)7-20/h5-9,14-16,19H,10-13H2,1-4H3,(H,29,30). The average molecular weight is 416 g/mol. The predicted molar refractivity (Wildman–Crippen MR) is 125 cm³/mol. The molecule has 0 atom stereocenters. The average Bonchev–Trinajstić information content (AvgIpc) is 3.25. The molecule has 3 nitrogen and oxygen atoms in total. The number of halogens is 1. The van der Waals surface area contributed by atoms with Crippen LogP contribution in [0.1, 0.15) is 75.1 Å². The van der Waals surface area contributed by atoms with E-state index >= 15 is 0 Å².